The van der Waals surface area contributed by atoms with Gasteiger partial charge in [0.15, 0.2) is 0 Å². The van der Waals surface area contributed by atoms with Crippen LogP contribution in [0.1, 0.15) is 12.8 Å². The molecule has 0 amide bonds. The lowest BCUT2D eigenvalue weighted by Gasteiger charge is -2.29. The second-order valence-corrected chi connectivity index (χ2v) is 5.84. The Bertz CT molecular complexity index is 367. The Labute approximate surface area is 112 Å². The molecule has 0 spiro atoms. The summed E-state index contributed by atoms with van der Waals surface area (Å²) < 4.78 is 5.95. The molecule has 16 heavy (non-hydrogen) atoms. The smallest absolute Gasteiger partial charge is 0.232 e. The van der Waals surface area contributed by atoms with Crippen LogP contribution in [-0.4, -0.2) is 35.0 Å². The fourth-order valence-electron chi connectivity index (χ4n) is 1.69. The number of methoxy groups -OCH3 is 1. The van der Waals surface area contributed by atoms with Crippen molar-refractivity contribution >= 4 is 37.8 Å². The van der Waals surface area contributed by atoms with E-state index in [0.29, 0.717) is 10.7 Å². The molecule has 1 aliphatic heterocycles. The predicted octanol–water partition coefficient (Wildman–Crippen LogP) is 2.61. The van der Waals surface area contributed by atoms with Crippen LogP contribution in [-0.2, 0) is 0 Å². The Morgan fingerprint density at radius 2 is 2.12 bits per heavy atom. The third kappa shape index (κ3) is 2.66. The van der Waals surface area contributed by atoms with Gasteiger partial charge in [-0.3, -0.25) is 0 Å². The number of anilines is 1. The van der Waals surface area contributed by atoms with E-state index in [9.17, 15) is 0 Å². The van der Waals surface area contributed by atoms with Crippen molar-refractivity contribution in [1.82, 2.24) is 9.97 Å². The molecule has 0 aliphatic carbocycles. The van der Waals surface area contributed by atoms with Gasteiger partial charge in [0.2, 0.25) is 11.8 Å². The van der Waals surface area contributed by atoms with Crippen LogP contribution in [0.15, 0.2) is 10.7 Å². The lowest BCUT2D eigenvalue weighted by atomic mass is 10.1. The van der Waals surface area contributed by atoms with E-state index in [2.05, 4.69) is 46.7 Å². The van der Waals surface area contributed by atoms with Crippen LogP contribution in [0.5, 0.6) is 5.88 Å². The number of halogens is 2. The number of hydrogen-bond donors (Lipinski definition) is 0. The zero-order chi connectivity index (χ0) is 11.5. The monoisotopic (exact) mass is 349 g/mol. The number of rotatable bonds is 2. The normalized spacial score (nSPS) is 17.6. The highest BCUT2D eigenvalue weighted by Crippen LogP contribution is 2.26. The van der Waals surface area contributed by atoms with Crippen molar-refractivity contribution < 1.29 is 4.74 Å². The van der Waals surface area contributed by atoms with E-state index in [1.807, 2.05) is 0 Å². The number of ether oxygens (including phenoxy) is 1. The van der Waals surface area contributed by atoms with Crippen molar-refractivity contribution in [1.29, 1.82) is 0 Å². The summed E-state index contributed by atoms with van der Waals surface area (Å²) in [5.74, 6) is 1.34. The topological polar surface area (TPSA) is 38.2 Å². The Morgan fingerprint density at radius 1 is 1.44 bits per heavy atom. The van der Waals surface area contributed by atoms with Gasteiger partial charge in [-0.25, -0.2) is 4.98 Å². The Balaban J connectivity index is 2.14. The number of piperidine rings is 1. The Kier molecular flexibility index (Phi) is 4.02. The summed E-state index contributed by atoms with van der Waals surface area (Å²) in [5.41, 5.74) is 0. The molecular formula is C10H13Br2N3O. The molecule has 0 aromatic carbocycles. The van der Waals surface area contributed by atoms with Gasteiger partial charge in [-0.15, -0.1) is 0 Å². The summed E-state index contributed by atoms with van der Waals surface area (Å²) in [6.45, 7) is 1.97. The first-order valence-corrected chi connectivity index (χ1v) is 6.87. The van der Waals surface area contributed by atoms with Crippen LogP contribution in [0.2, 0.25) is 0 Å². The number of hydrogen-bond acceptors (Lipinski definition) is 4. The molecular weight excluding hydrogens is 338 g/mol. The van der Waals surface area contributed by atoms with Gasteiger partial charge < -0.3 is 9.64 Å². The molecule has 0 saturated carbocycles. The Hall–Kier alpha value is -0.360. The molecule has 1 aromatic rings. The van der Waals surface area contributed by atoms with Crippen LogP contribution in [0.25, 0.3) is 0 Å². The minimum atomic E-state index is 0.589. The van der Waals surface area contributed by atoms with Crippen molar-refractivity contribution in [3.8, 4) is 5.88 Å². The highest BCUT2D eigenvalue weighted by molar-refractivity contribution is 9.10. The van der Waals surface area contributed by atoms with E-state index in [1.165, 1.54) is 0 Å². The van der Waals surface area contributed by atoms with E-state index in [4.69, 9.17) is 4.74 Å². The van der Waals surface area contributed by atoms with E-state index in [-0.39, 0.29) is 0 Å². The summed E-state index contributed by atoms with van der Waals surface area (Å²) in [6, 6.07) is 0. The quantitative estimate of drug-likeness (QED) is 0.768. The van der Waals surface area contributed by atoms with Crippen molar-refractivity contribution in [2.45, 2.75) is 17.7 Å². The highest BCUT2D eigenvalue weighted by Gasteiger charge is 2.19. The van der Waals surface area contributed by atoms with Gasteiger partial charge in [0.1, 0.15) is 0 Å². The predicted molar refractivity (Wildman–Crippen MR) is 70.4 cm³/mol. The summed E-state index contributed by atoms with van der Waals surface area (Å²) in [5, 5.41) is 0. The molecule has 1 aromatic heterocycles. The highest BCUT2D eigenvalue weighted by atomic mass is 79.9. The number of alkyl halides is 1. The minimum absolute atomic E-state index is 0.589. The summed E-state index contributed by atoms with van der Waals surface area (Å²) in [4.78, 5) is 11.5. The summed E-state index contributed by atoms with van der Waals surface area (Å²) in [7, 11) is 1.61. The maximum Gasteiger partial charge on any atom is 0.232 e. The van der Waals surface area contributed by atoms with Crippen LogP contribution < -0.4 is 9.64 Å². The molecule has 0 N–H and O–H groups in total. The minimum Gasteiger partial charge on any atom is -0.480 e. The van der Waals surface area contributed by atoms with Gasteiger partial charge in [-0.05, 0) is 28.8 Å². The van der Waals surface area contributed by atoms with Crippen molar-refractivity contribution in [2.75, 3.05) is 25.1 Å². The zero-order valence-corrected chi connectivity index (χ0v) is 12.2. The van der Waals surface area contributed by atoms with E-state index in [1.54, 1.807) is 13.3 Å². The molecule has 6 heteroatoms. The maximum absolute atomic E-state index is 5.16. The average molecular weight is 351 g/mol. The molecule has 0 atom stereocenters. The fraction of sp³-hybridized carbons (Fsp3) is 0.600. The molecule has 4 nitrogen and oxygen atoms in total. The van der Waals surface area contributed by atoms with Gasteiger partial charge in [-0.2, -0.15) is 4.98 Å². The molecule has 1 saturated heterocycles. The van der Waals surface area contributed by atoms with Crippen LogP contribution in [0, 0.1) is 0 Å². The average Bonchev–Trinajstić information content (AvgIpc) is 2.31. The molecule has 1 fully saturated rings. The SMILES string of the molecule is COc1nc(N2CCC(Br)CC2)ncc1Br. The van der Waals surface area contributed by atoms with Gasteiger partial charge in [0.25, 0.3) is 0 Å². The zero-order valence-electron chi connectivity index (χ0n) is 8.99. The van der Waals surface area contributed by atoms with E-state index in [0.717, 1.165) is 36.4 Å². The van der Waals surface area contributed by atoms with Gasteiger partial charge in [0, 0.05) is 17.9 Å². The fourth-order valence-corrected chi connectivity index (χ4v) is 2.45. The first-order chi connectivity index (χ1) is 7.70. The van der Waals surface area contributed by atoms with Gasteiger partial charge >= 0.3 is 0 Å². The maximum atomic E-state index is 5.16. The first-order valence-electron chi connectivity index (χ1n) is 5.16. The molecule has 2 rings (SSSR count). The van der Waals surface area contributed by atoms with Crippen LogP contribution in [0.4, 0.5) is 5.95 Å². The first kappa shape index (κ1) is 12.1. The lowest BCUT2D eigenvalue weighted by Crippen LogP contribution is -2.35. The van der Waals surface area contributed by atoms with Gasteiger partial charge in [-0.1, -0.05) is 15.9 Å². The van der Waals surface area contributed by atoms with Crippen LogP contribution in [0.3, 0.4) is 0 Å². The third-order valence-electron chi connectivity index (χ3n) is 2.60. The standard InChI is InChI=1S/C10H13Br2N3O/c1-16-9-8(12)6-13-10(14-9)15-4-2-7(11)3-5-15/h6-7H,2-5H2,1H3. The summed E-state index contributed by atoms with van der Waals surface area (Å²) in [6.07, 6.45) is 3.99. The molecule has 0 radical (unpaired) electrons. The summed E-state index contributed by atoms with van der Waals surface area (Å²) >= 11 is 6.98. The van der Waals surface area contributed by atoms with Crippen molar-refractivity contribution in [2.24, 2.45) is 0 Å². The lowest BCUT2D eigenvalue weighted by molar-refractivity contribution is 0.393. The van der Waals surface area contributed by atoms with E-state index < -0.39 is 0 Å². The second-order valence-electron chi connectivity index (χ2n) is 3.69. The van der Waals surface area contributed by atoms with Crippen LogP contribution >= 0.6 is 31.9 Å². The number of aromatic nitrogens is 2. The molecule has 88 valence electrons. The third-order valence-corrected chi connectivity index (χ3v) is 4.06. The molecule has 1 aliphatic rings. The molecule has 0 bridgehead atoms. The van der Waals surface area contributed by atoms with E-state index >= 15 is 0 Å². The molecule has 2 heterocycles. The second kappa shape index (κ2) is 5.31. The largest absolute Gasteiger partial charge is 0.480 e. The number of nitrogens with zero attached hydrogens (tertiary/aromatic N) is 3. The van der Waals surface area contributed by atoms with Crippen molar-refractivity contribution in [3.63, 3.8) is 0 Å². The van der Waals surface area contributed by atoms with Crippen molar-refractivity contribution in [3.05, 3.63) is 10.7 Å². The molecule has 0 unspecified atom stereocenters. The Morgan fingerprint density at radius 3 is 2.75 bits per heavy atom. The van der Waals surface area contributed by atoms with Gasteiger partial charge in [0.05, 0.1) is 17.8 Å².